The Morgan fingerprint density at radius 2 is 1.60 bits per heavy atom. The molecule has 6 nitrogen and oxygen atoms in total. The van der Waals surface area contributed by atoms with Crippen molar-refractivity contribution in [3.8, 4) is 5.75 Å². The summed E-state index contributed by atoms with van der Waals surface area (Å²) in [6.07, 6.45) is 1.64. The van der Waals surface area contributed by atoms with E-state index in [1.807, 2.05) is 33.8 Å². The Hall–Kier alpha value is -3.42. The fourth-order valence-corrected chi connectivity index (χ4v) is 5.30. The van der Waals surface area contributed by atoms with E-state index >= 15 is 0 Å². The summed E-state index contributed by atoms with van der Waals surface area (Å²) in [5.41, 5.74) is 5.61. The SMILES string of the molecule is Cc1cc(C)c(Nc2nc(C)ccc2S(=O)(=O)c2ccc(OCc3ccc(Cl)nc3)cc2)c(C)c1. The molecule has 0 amide bonds. The van der Waals surface area contributed by atoms with Gasteiger partial charge >= 0.3 is 0 Å². The van der Waals surface area contributed by atoms with Gasteiger partial charge in [-0.15, -0.1) is 0 Å². The summed E-state index contributed by atoms with van der Waals surface area (Å²) in [7, 11) is -3.83. The van der Waals surface area contributed by atoms with Crippen LogP contribution in [0.3, 0.4) is 0 Å². The van der Waals surface area contributed by atoms with Crippen molar-refractivity contribution in [2.45, 2.75) is 44.1 Å². The first kappa shape index (κ1) is 24.7. The van der Waals surface area contributed by atoms with E-state index in [2.05, 4.69) is 27.4 Å². The Balaban J connectivity index is 1.60. The number of aryl methyl sites for hydroxylation is 4. The number of hydrogen-bond donors (Lipinski definition) is 1. The number of anilines is 2. The molecule has 2 aromatic heterocycles. The minimum atomic E-state index is -3.83. The predicted octanol–water partition coefficient (Wildman–Crippen LogP) is 6.52. The summed E-state index contributed by atoms with van der Waals surface area (Å²) in [5, 5.41) is 3.69. The second kappa shape index (κ2) is 10.1. The van der Waals surface area contributed by atoms with Crippen LogP contribution in [0.2, 0.25) is 5.15 Å². The molecule has 35 heavy (non-hydrogen) atoms. The van der Waals surface area contributed by atoms with Crippen LogP contribution in [-0.4, -0.2) is 18.4 Å². The molecule has 0 bridgehead atoms. The minimum absolute atomic E-state index is 0.114. The Morgan fingerprint density at radius 1 is 0.914 bits per heavy atom. The van der Waals surface area contributed by atoms with Gasteiger partial charge in [-0.2, -0.15) is 0 Å². The molecule has 0 saturated carbocycles. The lowest BCUT2D eigenvalue weighted by atomic mass is 10.1. The molecular formula is C27H26ClN3O3S. The third kappa shape index (κ3) is 5.63. The van der Waals surface area contributed by atoms with Crippen LogP contribution in [0.5, 0.6) is 5.75 Å². The van der Waals surface area contributed by atoms with Crippen molar-refractivity contribution in [2.24, 2.45) is 0 Å². The third-order valence-electron chi connectivity index (χ3n) is 5.54. The zero-order valence-electron chi connectivity index (χ0n) is 20.0. The van der Waals surface area contributed by atoms with E-state index in [9.17, 15) is 8.42 Å². The molecule has 0 saturated heterocycles. The van der Waals surface area contributed by atoms with Gasteiger partial charge < -0.3 is 10.1 Å². The van der Waals surface area contributed by atoms with Crippen LogP contribution in [0.4, 0.5) is 11.5 Å². The number of nitrogens with one attached hydrogen (secondary N) is 1. The van der Waals surface area contributed by atoms with E-state index in [1.165, 1.54) is 12.1 Å². The molecule has 0 aliphatic carbocycles. The van der Waals surface area contributed by atoms with E-state index in [1.54, 1.807) is 36.5 Å². The minimum Gasteiger partial charge on any atom is -0.489 e. The van der Waals surface area contributed by atoms with Crippen molar-refractivity contribution in [3.63, 3.8) is 0 Å². The van der Waals surface area contributed by atoms with Crippen LogP contribution in [0.25, 0.3) is 0 Å². The second-order valence-corrected chi connectivity index (χ2v) is 10.8. The highest BCUT2D eigenvalue weighted by atomic mass is 35.5. The number of halogens is 1. The molecule has 0 aliphatic rings. The van der Waals surface area contributed by atoms with Gasteiger partial charge in [0.1, 0.15) is 28.2 Å². The van der Waals surface area contributed by atoms with Crippen LogP contribution in [0.15, 0.2) is 76.7 Å². The number of pyridine rings is 2. The standard InChI is InChI=1S/C27H26ClN3O3S/c1-17-13-18(2)26(19(3)14-17)31-27-24(11-5-20(4)30-27)35(32,33)23-9-7-22(8-10-23)34-16-21-6-12-25(28)29-15-21/h5-15H,16H2,1-4H3,(H,30,31). The number of rotatable bonds is 7. The van der Waals surface area contributed by atoms with Crippen molar-refractivity contribution in [1.82, 2.24) is 9.97 Å². The number of ether oxygens (including phenoxy) is 1. The molecule has 0 aliphatic heterocycles. The van der Waals surface area contributed by atoms with Crippen LogP contribution in [0.1, 0.15) is 27.9 Å². The molecule has 4 aromatic rings. The van der Waals surface area contributed by atoms with Crippen LogP contribution in [0, 0.1) is 27.7 Å². The van der Waals surface area contributed by atoms with E-state index in [-0.39, 0.29) is 9.79 Å². The van der Waals surface area contributed by atoms with Gasteiger partial charge in [0.2, 0.25) is 9.84 Å². The summed E-state index contributed by atoms with van der Waals surface area (Å²) < 4.78 is 32.9. The summed E-state index contributed by atoms with van der Waals surface area (Å²) in [5.74, 6) is 0.848. The van der Waals surface area contributed by atoms with Gasteiger partial charge in [0.15, 0.2) is 0 Å². The Morgan fingerprint density at radius 3 is 2.23 bits per heavy atom. The van der Waals surface area contributed by atoms with Crippen molar-refractivity contribution < 1.29 is 13.2 Å². The number of aromatic nitrogens is 2. The maximum absolute atomic E-state index is 13.6. The average molecular weight is 508 g/mol. The lowest BCUT2D eigenvalue weighted by Gasteiger charge is -2.17. The van der Waals surface area contributed by atoms with Crippen LogP contribution in [-0.2, 0) is 16.4 Å². The molecule has 0 radical (unpaired) electrons. The Labute approximate surface area is 210 Å². The first-order valence-electron chi connectivity index (χ1n) is 11.0. The predicted molar refractivity (Wildman–Crippen MR) is 138 cm³/mol. The number of nitrogens with zero attached hydrogens (tertiary/aromatic N) is 2. The van der Waals surface area contributed by atoms with Crippen molar-refractivity contribution in [2.75, 3.05) is 5.32 Å². The Bertz CT molecular complexity index is 1450. The average Bonchev–Trinajstić information content (AvgIpc) is 2.81. The molecule has 4 rings (SSSR count). The zero-order valence-corrected chi connectivity index (χ0v) is 21.5. The molecule has 0 fully saturated rings. The van der Waals surface area contributed by atoms with Gasteiger partial charge in [-0.1, -0.05) is 35.4 Å². The molecule has 0 unspecified atom stereocenters. The van der Waals surface area contributed by atoms with E-state index in [0.29, 0.717) is 29.0 Å². The molecule has 0 spiro atoms. The lowest BCUT2D eigenvalue weighted by Crippen LogP contribution is -2.09. The van der Waals surface area contributed by atoms with E-state index in [4.69, 9.17) is 16.3 Å². The highest BCUT2D eigenvalue weighted by Gasteiger charge is 2.23. The monoisotopic (exact) mass is 507 g/mol. The molecule has 2 aromatic carbocycles. The summed E-state index contributed by atoms with van der Waals surface area (Å²) in [6, 6.07) is 17.3. The summed E-state index contributed by atoms with van der Waals surface area (Å²) in [4.78, 5) is 8.82. The quantitative estimate of drug-likeness (QED) is 0.287. The van der Waals surface area contributed by atoms with Gasteiger partial charge in [-0.05, 0) is 81.3 Å². The number of sulfone groups is 1. The van der Waals surface area contributed by atoms with Gasteiger partial charge in [0.05, 0.1) is 4.90 Å². The molecule has 8 heteroatoms. The fourth-order valence-electron chi connectivity index (χ4n) is 3.85. The Kier molecular flexibility index (Phi) is 7.10. The van der Waals surface area contributed by atoms with Crippen LogP contribution >= 0.6 is 11.6 Å². The maximum atomic E-state index is 13.6. The molecule has 0 atom stereocenters. The summed E-state index contributed by atoms with van der Waals surface area (Å²) in [6.45, 7) is 8.14. The van der Waals surface area contributed by atoms with Gasteiger partial charge in [-0.25, -0.2) is 18.4 Å². The zero-order chi connectivity index (χ0) is 25.2. The van der Waals surface area contributed by atoms with E-state index in [0.717, 1.165) is 27.9 Å². The highest BCUT2D eigenvalue weighted by Crippen LogP contribution is 2.32. The van der Waals surface area contributed by atoms with Gasteiger partial charge in [0, 0.05) is 23.1 Å². The largest absolute Gasteiger partial charge is 0.489 e. The molecule has 1 N–H and O–H groups in total. The van der Waals surface area contributed by atoms with Gasteiger partial charge in [-0.3, -0.25) is 0 Å². The maximum Gasteiger partial charge on any atom is 0.210 e. The van der Waals surface area contributed by atoms with Crippen LogP contribution < -0.4 is 10.1 Å². The third-order valence-corrected chi connectivity index (χ3v) is 7.56. The first-order chi connectivity index (χ1) is 16.6. The van der Waals surface area contributed by atoms with E-state index < -0.39 is 9.84 Å². The smallest absolute Gasteiger partial charge is 0.210 e. The van der Waals surface area contributed by atoms with Gasteiger partial charge in [0.25, 0.3) is 0 Å². The summed E-state index contributed by atoms with van der Waals surface area (Å²) >= 11 is 5.81. The molecule has 2 heterocycles. The second-order valence-electron chi connectivity index (χ2n) is 8.45. The van der Waals surface area contributed by atoms with Crippen molar-refractivity contribution >= 4 is 32.9 Å². The number of benzene rings is 2. The number of hydrogen-bond acceptors (Lipinski definition) is 6. The normalized spacial score (nSPS) is 11.3. The fraction of sp³-hybridized carbons (Fsp3) is 0.185. The van der Waals surface area contributed by atoms with Crippen molar-refractivity contribution in [1.29, 1.82) is 0 Å². The molecular weight excluding hydrogens is 482 g/mol. The lowest BCUT2D eigenvalue weighted by molar-refractivity contribution is 0.305. The van der Waals surface area contributed by atoms with Crippen molar-refractivity contribution in [3.05, 3.63) is 100.0 Å². The first-order valence-corrected chi connectivity index (χ1v) is 12.9. The highest BCUT2D eigenvalue weighted by molar-refractivity contribution is 7.91. The topological polar surface area (TPSA) is 81.2 Å². The molecule has 180 valence electrons.